The summed E-state index contributed by atoms with van der Waals surface area (Å²) in [5, 5.41) is 14.5. The van der Waals surface area contributed by atoms with Crippen LogP contribution in [0, 0.1) is 0 Å². The van der Waals surface area contributed by atoms with Gasteiger partial charge in [-0.25, -0.2) is 25.3 Å². The van der Waals surface area contributed by atoms with Gasteiger partial charge in [0.15, 0.2) is 0 Å². The number of aromatic nitrogens is 6. The second-order valence-electron chi connectivity index (χ2n) is 25.8. The Morgan fingerprint density at radius 3 is 1.06 bits per heavy atom. The number of hydrogen-bond acceptors (Lipinski definition) is 22. The summed E-state index contributed by atoms with van der Waals surface area (Å²) in [5.41, 5.74) is 3.14. The van der Waals surface area contributed by atoms with Crippen molar-refractivity contribution in [2.24, 2.45) is 0 Å². The number of hydrogen-bond donors (Lipinski definition) is 0. The number of ether oxygens (including phenoxy) is 6. The number of aryl methyl sites for hydroxylation is 1. The molecule has 109 heavy (non-hydrogen) atoms. The molecule has 35 heteroatoms. The molecule has 0 aliphatic carbocycles. The molecule has 0 bridgehead atoms. The summed E-state index contributed by atoms with van der Waals surface area (Å²) < 4.78 is 119. The van der Waals surface area contributed by atoms with Gasteiger partial charge in [0.1, 0.15) is 36.9 Å². The fourth-order valence-corrected chi connectivity index (χ4v) is 18.1. The summed E-state index contributed by atoms with van der Waals surface area (Å²) >= 11 is 24.0. The van der Waals surface area contributed by atoms with E-state index in [9.17, 15) is 39.6 Å². The van der Waals surface area contributed by atoms with E-state index < -0.39 is 46.7 Å². The fraction of sp³-hybridized carbons (Fsp3) is 0.514. The predicted molar refractivity (Wildman–Crippen MR) is 428 cm³/mol. The number of piperazine rings is 3. The molecule has 4 saturated heterocycles. The quantitative estimate of drug-likeness (QED) is 0.0263. The maximum absolute atomic E-state index is 13.4. The van der Waals surface area contributed by atoms with Crippen LogP contribution < -0.4 is 45.6 Å². The van der Waals surface area contributed by atoms with Crippen LogP contribution >= 0.6 is 46.4 Å². The molecule has 7 aromatic rings. The zero-order valence-corrected chi connectivity index (χ0v) is 67.4. The van der Waals surface area contributed by atoms with Gasteiger partial charge in [-0.1, -0.05) is 83.3 Å². The summed E-state index contributed by atoms with van der Waals surface area (Å²) in [5.74, 6) is 1.08. The SMILES string of the molecule is CCOCCOc1c(N2CCN(S(=O)(=O)CCCCc3ccccc3)CC2)cnn(-c2cccc(Cl)c2)c1=O.CCOCCOc1c(N2CCN(S(=O)(=O)CCCCl)CC2)cnn(-c2cccc(Cl)c2)c1=O.CCOCCOc1c(N2CCN(S(=O)(=O)CCCN3CCCC3)CC2)cnn(-c2cccc(Cl)c2)c1=O. The molecule has 596 valence electrons. The van der Waals surface area contributed by atoms with Crippen molar-refractivity contribution >= 4 is 93.5 Å². The second-order valence-corrected chi connectivity index (χ2v) is 33.7. The van der Waals surface area contributed by atoms with E-state index in [1.807, 2.05) is 53.7 Å². The van der Waals surface area contributed by atoms with E-state index in [0.717, 1.165) is 32.5 Å². The largest absolute Gasteiger partial charge is 0.484 e. The average molecular weight is 1650 g/mol. The first-order chi connectivity index (χ1) is 52.6. The zero-order chi connectivity index (χ0) is 77.8. The van der Waals surface area contributed by atoms with Gasteiger partial charge < -0.3 is 48.0 Å². The van der Waals surface area contributed by atoms with Crippen LogP contribution in [0.4, 0.5) is 17.1 Å². The first-order valence-corrected chi connectivity index (χ1v) is 43.4. The minimum absolute atomic E-state index is 0.0273. The van der Waals surface area contributed by atoms with Crippen molar-refractivity contribution in [3.05, 3.63) is 173 Å². The molecule has 4 aromatic carbocycles. The standard InChI is InChI=1S/C28H35ClN4O5S.C25H36ClN5O5S.C21H28Cl2N4O5S/c1-2-37-18-19-38-27-26(22-30-33(28(27)34)25-13-8-12-24(29)21-25)31-14-16-32(17-15-31)39(35,36)20-7-6-11-23-9-4-3-5-10-23;1-2-35-16-17-36-24-23(20-27-31(25(24)32)22-8-5-7-21(26)19-22)29-12-14-30(15-13-29)37(33,34)18-6-11-28-9-3-4-10-28;1-2-31-12-13-32-20-19(16-24-27(21(20)28)18-6-3-5-17(23)15-18)25-8-10-26(11-9-25)33(29,30)14-4-7-22/h3-5,8-10,12-13,21-22H,2,6-7,11,14-20H2,1H3;5,7-8,19-20H,2-4,6,9-18H2,1H3;3,5-6,15-16H,2,4,7-14H2,1H3. The molecule has 0 amide bonds. The van der Waals surface area contributed by atoms with Gasteiger partial charge in [-0.3, -0.25) is 14.4 Å². The van der Waals surface area contributed by atoms with Crippen LogP contribution in [0.5, 0.6) is 17.2 Å². The van der Waals surface area contributed by atoms with Crippen molar-refractivity contribution in [2.75, 3.05) is 195 Å². The highest BCUT2D eigenvalue weighted by molar-refractivity contribution is 7.89. The molecule has 0 saturated carbocycles. The Labute approximate surface area is 658 Å². The molecule has 0 spiro atoms. The van der Waals surface area contributed by atoms with E-state index in [1.165, 1.54) is 36.8 Å². The molecule has 0 radical (unpaired) electrons. The number of anilines is 3. The molecule has 3 aromatic heterocycles. The number of rotatable bonds is 36. The van der Waals surface area contributed by atoms with Gasteiger partial charge in [-0.2, -0.15) is 42.3 Å². The van der Waals surface area contributed by atoms with Gasteiger partial charge in [0.2, 0.25) is 47.3 Å². The first kappa shape index (κ1) is 86.0. The van der Waals surface area contributed by atoms with E-state index in [0.29, 0.717) is 193 Å². The summed E-state index contributed by atoms with van der Waals surface area (Å²) in [4.78, 5) is 48.3. The first-order valence-electron chi connectivity index (χ1n) is 36.9. The Hall–Kier alpha value is -6.95. The Morgan fingerprint density at radius 1 is 0.394 bits per heavy atom. The molecule has 7 heterocycles. The predicted octanol–water partition coefficient (Wildman–Crippen LogP) is 8.40. The van der Waals surface area contributed by atoms with E-state index in [2.05, 4.69) is 32.3 Å². The lowest BCUT2D eigenvalue weighted by molar-refractivity contribution is 0.109. The van der Waals surface area contributed by atoms with Crippen molar-refractivity contribution in [1.29, 1.82) is 0 Å². The summed E-state index contributed by atoms with van der Waals surface area (Å²) in [6.45, 7) is 16.4. The van der Waals surface area contributed by atoms with Crippen LogP contribution in [0.1, 0.15) is 64.9 Å². The smallest absolute Gasteiger partial charge is 0.316 e. The Balaban J connectivity index is 0.000000189. The van der Waals surface area contributed by atoms with Crippen LogP contribution in [-0.2, 0) is 50.7 Å². The zero-order valence-electron chi connectivity index (χ0n) is 62.0. The van der Waals surface area contributed by atoms with E-state index in [-0.39, 0.29) is 54.3 Å². The van der Waals surface area contributed by atoms with Gasteiger partial charge in [0, 0.05) is 119 Å². The molecule has 4 aliphatic heterocycles. The number of alkyl halides is 1. The van der Waals surface area contributed by atoms with Crippen LogP contribution in [0.25, 0.3) is 17.1 Å². The highest BCUT2D eigenvalue weighted by Gasteiger charge is 2.33. The van der Waals surface area contributed by atoms with Crippen molar-refractivity contribution in [3.63, 3.8) is 0 Å². The van der Waals surface area contributed by atoms with E-state index in [1.54, 1.807) is 100.0 Å². The number of benzene rings is 4. The third kappa shape index (κ3) is 25.0. The number of likely N-dealkylation sites (tertiary alicyclic amines) is 1. The van der Waals surface area contributed by atoms with Crippen LogP contribution in [-0.4, -0.2) is 253 Å². The highest BCUT2D eigenvalue weighted by atomic mass is 35.5. The number of sulfonamides is 3. The second kappa shape index (κ2) is 43.2. The monoisotopic (exact) mass is 1650 g/mol. The Bertz CT molecular complexity index is 4560. The third-order valence-corrected chi connectivity index (χ3v) is 25.3. The molecule has 4 fully saturated rings. The molecular formula is C74H99Cl4N13O15S3. The molecule has 0 unspecified atom stereocenters. The minimum Gasteiger partial charge on any atom is -0.484 e. The molecule has 11 rings (SSSR count). The van der Waals surface area contributed by atoms with Gasteiger partial charge >= 0.3 is 16.7 Å². The topological polar surface area (TPSA) is 285 Å². The summed E-state index contributed by atoms with van der Waals surface area (Å²) in [6.07, 6.45) is 10.5. The molecular weight excluding hydrogens is 1550 g/mol. The molecule has 28 nitrogen and oxygen atoms in total. The Morgan fingerprint density at radius 2 is 0.734 bits per heavy atom. The number of halogens is 4. The highest BCUT2D eigenvalue weighted by Crippen LogP contribution is 2.31. The molecule has 0 N–H and O–H groups in total. The molecule has 4 aliphatic rings. The van der Waals surface area contributed by atoms with Crippen LogP contribution in [0.3, 0.4) is 0 Å². The number of nitrogens with zero attached hydrogens (tertiary/aromatic N) is 13. The molecule has 0 atom stereocenters. The summed E-state index contributed by atoms with van der Waals surface area (Å²) in [6, 6.07) is 30.7. The maximum Gasteiger partial charge on any atom is 0.316 e. The van der Waals surface area contributed by atoms with Gasteiger partial charge in [0.05, 0.1) is 72.7 Å². The van der Waals surface area contributed by atoms with E-state index >= 15 is 0 Å². The van der Waals surface area contributed by atoms with E-state index in [4.69, 9.17) is 74.8 Å². The Kier molecular flexibility index (Phi) is 34.1. The fourth-order valence-electron chi connectivity index (χ4n) is 12.8. The van der Waals surface area contributed by atoms with Gasteiger partial charge in [0.25, 0.3) is 0 Å². The summed E-state index contributed by atoms with van der Waals surface area (Å²) in [7, 11) is -10.0. The van der Waals surface area contributed by atoms with Gasteiger partial charge in [-0.15, -0.1) is 11.6 Å². The van der Waals surface area contributed by atoms with Crippen molar-refractivity contribution < 1.29 is 53.7 Å². The average Bonchev–Trinajstić information content (AvgIpc) is 0.796. The lowest BCUT2D eigenvalue weighted by atomic mass is 10.1. The maximum atomic E-state index is 13.4. The minimum atomic E-state index is -3.36. The normalized spacial score (nSPS) is 15.6. The van der Waals surface area contributed by atoms with Crippen molar-refractivity contribution in [1.82, 2.24) is 47.2 Å². The number of unbranched alkanes of at least 4 members (excludes halogenated alkanes) is 1. The van der Waals surface area contributed by atoms with Crippen LogP contribution in [0.2, 0.25) is 15.1 Å². The lowest BCUT2D eigenvalue weighted by Gasteiger charge is -2.35. The van der Waals surface area contributed by atoms with Gasteiger partial charge in [-0.05, 0) is 146 Å². The third-order valence-electron chi connectivity index (χ3n) is 18.4. The van der Waals surface area contributed by atoms with Crippen molar-refractivity contribution in [3.8, 4) is 34.3 Å². The van der Waals surface area contributed by atoms with Crippen LogP contribution in [0.15, 0.2) is 136 Å². The van der Waals surface area contributed by atoms with Crippen molar-refractivity contribution in [2.45, 2.75) is 65.7 Å². The lowest BCUT2D eigenvalue weighted by Crippen LogP contribution is -2.50.